The molecular formula is C14H30N2O. The van der Waals surface area contributed by atoms with Gasteiger partial charge in [-0.1, -0.05) is 27.7 Å². The maximum Gasteiger partial charge on any atom is 0.227 e. The Balaban J connectivity index is 4.67. The van der Waals surface area contributed by atoms with E-state index >= 15 is 0 Å². The zero-order valence-corrected chi connectivity index (χ0v) is 12.4. The summed E-state index contributed by atoms with van der Waals surface area (Å²) in [6.45, 7) is 14.0. The Labute approximate surface area is 107 Å². The standard InChI is InChI=1S/C14H30N2O/c1-10(2)7-13(8-15)14(17)16(12(5)6)9-11(3)4/h10-13H,7-9,15H2,1-6H3. The lowest BCUT2D eigenvalue weighted by atomic mass is 9.95. The van der Waals surface area contributed by atoms with Gasteiger partial charge in [0.05, 0.1) is 5.92 Å². The van der Waals surface area contributed by atoms with E-state index < -0.39 is 0 Å². The Kier molecular flexibility index (Phi) is 7.44. The van der Waals surface area contributed by atoms with Crippen LogP contribution >= 0.6 is 0 Å². The van der Waals surface area contributed by atoms with Gasteiger partial charge in [0.15, 0.2) is 0 Å². The van der Waals surface area contributed by atoms with E-state index in [1.54, 1.807) is 0 Å². The molecule has 0 bridgehead atoms. The Morgan fingerprint density at radius 2 is 1.59 bits per heavy atom. The van der Waals surface area contributed by atoms with E-state index in [-0.39, 0.29) is 17.9 Å². The molecule has 3 heteroatoms. The molecule has 0 aromatic rings. The van der Waals surface area contributed by atoms with Crippen molar-refractivity contribution in [3.63, 3.8) is 0 Å². The molecule has 3 nitrogen and oxygen atoms in total. The van der Waals surface area contributed by atoms with Gasteiger partial charge in [-0.25, -0.2) is 0 Å². The number of carbonyl (C=O) groups is 1. The maximum absolute atomic E-state index is 12.4. The largest absolute Gasteiger partial charge is 0.340 e. The Morgan fingerprint density at radius 1 is 1.06 bits per heavy atom. The number of amides is 1. The van der Waals surface area contributed by atoms with Crippen molar-refractivity contribution in [1.82, 2.24) is 4.90 Å². The SMILES string of the molecule is CC(C)CC(CN)C(=O)N(CC(C)C)C(C)C. The van der Waals surface area contributed by atoms with Crippen molar-refractivity contribution >= 4 is 5.91 Å². The molecule has 0 aromatic heterocycles. The van der Waals surface area contributed by atoms with Gasteiger partial charge in [-0.2, -0.15) is 0 Å². The minimum atomic E-state index is -0.0175. The van der Waals surface area contributed by atoms with Crippen molar-refractivity contribution in [2.24, 2.45) is 23.5 Å². The highest BCUT2D eigenvalue weighted by atomic mass is 16.2. The summed E-state index contributed by atoms with van der Waals surface area (Å²) in [5.74, 6) is 1.22. The smallest absolute Gasteiger partial charge is 0.227 e. The fourth-order valence-corrected chi connectivity index (χ4v) is 2.05. The second-order valence-electron chi connectivity index (χ2n) is 6.04. The third kappa shape index (κ3) is 6.06. The van der Waals surface area contributed by atoms with Gasteiger partial charge in [0.25, 0.3) is 0 Å². The zero-order valence-electron chi connectivity index (χ0n) is 12.4. The van der Waals surface area contributed by atoms with Gasteiger partial charge in [0.1, 0.15) is 0 Å². The molecule has 0 heterocycles. The molecule has 0 rings (SSSR count). The van der Waals surface area contributed by atoms with Crippen molar-refractivity contribution in [3.8, 4) is 0 Å². The molecule has 1 atom stereocenters. The van der Waals surface area contributed by atoms with Crippen molar-refractivity contribution < 1.29 is 4.79 Å². The van der Waals surface area contributed by atoms with Gasteiger partial charge >= 0.3 is 0 Å². The van der Waals surface area contributed by atoms with Crippen molar-refractivity contribution in [3.05, 3.63) is 0 Å². The molecule has 102 valence electrons. The molecule has 0 aliphatic carbocycles. The quantitative estimate of drug-likeness (QED) is 0.745. The van der Waals surface area contributed by atoms with Gasteiger partial charge in [0.2, 0.25) is 5.91 Å². The fraction of sp³-hybridized carbons (Fsp3) is 0.929. The van der Waals surface area contributed by atoms with Gasteiger partial charge in [-0.05, 0) is 32.1 Å². The number of nitrogens with zero attached hydrogens (tertiary/aromatic N) is 1. The normalized spacial score (nSPS) is 13.5. The van der Waals surface area contributed by atoms with Crippen LogP contribution in [0.1, 0.15) is 48.0 Å². The average Bonchev–Trinajstić information content (AvgIpc) is 2.20. The van der Waals surface area contributed by atoms with Crippen LogP contribution in [0.4, 0.5) is 0 Å². The summed E-state index contributed by atoms with van der Waals surface area (Å²) in [7, 11) is 0. The Morgan fingerprint density at radius 3 is 1.88 bits per heavy atom. The summed E-state index contributed by atoms with van der Waals surface area (Å²) < 4.78 is 0. The van der Waals surface area contributed by atoms with Crippen LogP contribution < -0.4 is 5.73 Å². The number of hydrogen-bond acceptors (Lipinski definition) is 2. The highest BCUT2D eigenvalue weighted by molar-refractivity contribution is 5.79. The summed E-state index contributed by atoms with van der Waals surface area (Å²) in [6.07, 6.45) is 0.886. The first-order chi connectivity index (χ1) is 7.79. The fourth-order valence-electron chi connectivity index (χ4n) is 2.05. The Hall–Kier alpha value is -0.570. The van der Waals surface area contributed by atoms with Crippen LogP contribution in [0, 0.1) is 17.8 Å². The van der Waals surface area contributed by atoms with Gasteiger partial charge < -0.3 is 10.6 Å². The highest BCUT2D eigenvalue weighted by Crippen LogP contribution is 2.16. The number of nitrogens with two attached hydrogens (primary N) is 1. The molecule has 0 aromatic carbocycles. The summed E-state index contributed by atoms with van der Waals surface area (Å²) in [5, 5.41) is 0. The molecule has 0 aliphatic heterocycles. The second-order valence-corrected chi connectivity index (χ2v) is 6.04. The molecule has 1 unspecified atom stereocenters. The summed E-state index contributed by atoms with van der Waals surface area (Å²) in [4.78, 5) is 14.4. The third-order valence-corrected chi connectivity index (χ3v) is 2.86. The zero-order chi connectivity index (χ0) is 13.6. The monoisotopic (exact) mass is 242 g/mol. The van der Waals surface area contributed by atoms with E-state index in [0.29, 0.717) is 18.4 Å². The first-order valence-corrected chi connectivity index (χ1v) is 6.80. The summed E-state index contributed by atoms with van der Waals surface area (Å²) in [6, 6.07) is 0.256. The number of hydrogen-bond donors (Lipinski definition) is 1. The molecule has 0 aliphatic rings. The molecule has 0 radical (unpaired) electrons. The van der Waals surface area contributed by atoms with E-state index in [4.69, 9.17) is 5.73 Å². The molecule has 0 saturated carbocycles. The molecule has 0 saturated heterocycles. The van der Waals surface area contributed by atoms with Crippen LogP contribution in [0.2, 0.25) is 0 Å². The van der Waals surface area contributed by atoms with Crippen molar-refractivity contribution in [2.45, 2.75) is 54.0 Å². The van der Waals surface area contributed by atoms with Crippen LogP contribution in [0.5, 0.6) is 0 Å². The number of carbonyl (C=O) groups excluding carboxylic acids is 1. The van der Waals surface area contributed by atoms with E-state index in [1.807, 2.05) is 4.90 Å². The lowest BCUT2D eigenvalue weighted by Crippen LogP contribution is -2.45. The van der Waals surface area contributed by atoms with E-state index in [1.165, 1.54) is 0 Å². The first kappa shape index (κ1) is 16.4. The predicted molar refractivity (Wildman–Crippen MR) is 73.7 cm³/mol. The maximum atomic E-state index is 12.4. The summed E-state index contributed by atoms with van der Waals surface area (Å²) in [5.41, 5.74) is 5.74. The highest BCUT2D eigenvalue weighted by Gasteiger charge is 2.26. The van der Waals surface area contributed by atoms with Crippen LogP contribution in [0.3, 0.4) is 0 Å². The van der Waals surface area contributed by atoms with Gasteiger partial charge in [0, 0.05) is 19.1 Å². The van der Waals surface area contributed by atoms with Crippen molar-refractivity contribution in [1.29, 1.82) is 0 Å². The molecule has 0 fully saturated rings. The average molecular weight is 242 g/mol. The van der Waals surface area contributed by atoms with Crippen LogP contribution in [0.25, 0.3) is 0 Å². The van der Waals surface area contributed by atoms with Gasteiger partial charge in [-0.3, -0.25) is 4.79 Å². The third-order valence-electron chi connectivity index (χ3n) is 2.86. The molecule has 2 N–H and O–H groups in total. The van der Waals surface area contributed by atoms with Crippen LogP contribution in [0.15, 0.2) is 0 Å². The van der Waals surface area contributed by atoms with Crippen LogP contribution in [-0.4, -0.2) is 29.9 Å². The molecule has 1 amide bonds. The second kappa shape index (κ2) is 7.70. The topological polar surface area (TPSA) is 46.3 Å². The molecular weight excluding hydrogens is 212 g/mol. The number of rotatable bonds is 7. The Bertz CT molecular complexity index is 224. The molecule has 0 spiro atoms. The minimum absolute atomic E-state index is 0.0175. The van der Waals surface area contributed by atoms with Crippen molar-refractivity contribution in [2.75, 3.05) is 13.1 Å². The van der Waals surface area contributed by atoms with Gasteiger partial charge in [-0.15, -0.1) is 0 Å². The van der Waals surface area contributed by atoms with E-state index in [9.17, 15) is 4.79 Å². The lowest BCUT2D eigenvalue weighted by Gasteiger charge is -2.32. The predicted octanol–water partition coefficient (Wildman–Crippen LogP) is 2.50. The van der Waals surface area contributed by atoms with Crippen LogP contribution in [-0.2, 0) is 4.79 Å². The van der Waals surface area contributed by atoms with E-state index in [0.717, 1.165) is 13.0 Å². The lowest BCUT2D eigenvalue weighted by molar-refractivity contribution is -0.138. The first-order valence-electron chi connectivity index (χ1n) is 6.80. The summed E-state index contributed by atoms with van der Waals surface area (Å²) >= 11 is 0. The van der Waals surface area contributed by atoms with E-state index in [2.05, 4.69) is 41.5 Å². The minimum Gasteiger partial charge on any atom is -0.340 e. The molecule has 17 heavy (non-hydrogen) atoms.